The Kier molecular flexibility index (Phi) is 3.63. The van der Waals surface area contributed by atoms with Crippen LogP contribution in [0, 0.1) is 12.8 Å². The Morgan fingerprint density at radius 3 is 2.69 bits per heavy atom. The molecule has 3 atom stereocenters. The van der Waals surface area contributed by atoms with Crippen LogP contribution in [0.25, 0.3) is 0 Å². The molecule has 3 heterocycles. The zero-order valence-corrected chi connectivity index (χ0v) is 17.6. The molecule has 6 rings (SSSR count). The van der Waals surface area contributed by atoms with Crippen molar-refractivity contribution in [3.63, 3.8) is 0 Å². The maximum absolute atomic E-state index is 13.4. The van der Waals surface area contributed by atoms with Crippen LogP contribution in [0.2, 0.25) is 0 Å². The lowest BCUT2D eigenvalue weighted by atomic mass is 9.68. The smallest absolute Gasteiger partial charge is 0.259 e. The molecule has 1 amide bonds. The number of rotatable bonds is 1. The van der Waals surface area contributed by atoms with Gasteiger partial charge in [-0.25, -0.2) is 0 Å². The number of benzene rings is 3. The van der Waals surface area contributed by atoms with Gasteiger partial charge in [0.25, 0.3) is 5.91 Å². The molecule has 3 aliphatic heterocycles. The summed E-state index contributed by atoms with van der Waals surface area (Å²) < 4.78 is 7.65. The summed E-state index contributed by atoms with van der Waals surface area (Å²) in [6, 6.07) is 23.0. The Morgan fingerprint density at radius 2 is 1.86 bits per heavy atom. The number of aryl methyl sites for hydroxylation is 1. The Morgan fingerprint density at radius 1 is 1.07 bits per heavy atom. The van der Waals surface area contributed by atoms with E-state index in [9.17, 15) is 4.79 Å². The highest BCUT2D eigenvalue weighted by Crippen LogP contribution is 2.61. The quantitative estimate of drug-likeness (QED) is 0.476. The van der Waals surface area contributed by atoms with Crippen molar-refractivity contribution in [2.24, 2.45) is 5.92 Å². The summed E-state index contributed by atoms with van der Waals surface area (Å²) in [5.41, 5.74) is 5.82. The molecule has 3 nitrogen and oxygen atoms in total. The predicted molar refractivity (Wildman–Crippen MR) is 116 cm³/mol. The first-order valence-electron chi connectivity index (χ1n) is 10.0. The first-order valence-corrected chi connectivity index (χ1v) is 10.8. The van der Waals surface area contributed by atoms with E-state index in [0.717, 1.165) is 33.3 Å². The second-order valence-corrected chi connectivity index (χ2v) is 9.13. The molecule has 29 heavy (non-hydrogen) atoms. The lowest BCUT2D eigenvalue weighted by Crippen LogP contribution is -2.48. The third-order valence-electron chi connectivity index (χ3n) is 6.77. The van der Waals surface area contributed by atoms with E-state index in [4.69, 9.17) is 4.74 Å². The van der Waals surface area contributed by atoms with Crippen LogP contribution in [0.1, 0.15) is 45.1 Å². The maximum Gasteiger partial charge on any atom is 0.259 e. The molecule has 4 heteroatoms. The number of anilines is 1. The molecular weight excluding hydrogens is 426 g/mol. The molecule has 0 spiro atoms. The van der Waals surface area contributed by atoms with Crippen LogP contribution in [0.5, 0.6) is 0 Å². The molecule has 3 aromatic rings. The van der Waals surface area contributed by atoms with Crippen LogP contribution >= 0.6 is 15.9 Å². The number of nitrogens with zero attached hydrogens (tertiary/aromatic N) is 1. The summed E-state index contributed by atoms with van der Waals surface area (Å²) in [6.07, 6.45) is 0.919. The molecule has 0 aliphatic carbocycles. The number of hydrogen-bond donors (Lipinski definition) is 0. The van der Waals surface area contributed by atoms with E-state index in [1.165, 1.54) is 11.1 Å². The first-order chi connectivity index (χ1) is 14.1. The normalized spacial score (nSPS) is 26.7. The van der Waals surface area contributed by atoms with E-state index in [2.05, 4.69) is 65.3 Å². The van der Waals surface area contributed by atoms with Crippen LogP contribution in [0.4, 0.5) is 5.69 Å². The average molecular weight is 446 g/mol. The fraction of sp³-hybridized carbons (Fsp3) is 0.240. The summed E-state index contributed by atoms with van der Waals surface area (Å²) in [5.74, 6) is 0.262. The number of ether oxygens (including phenoxy) is 1. The molecule has 1 fully saturated rings. The van der Waals surface area contributed by atoms with Gasteiger partial charge in [0, 0.05) is 28.1 Å². The van der Waals surface area contributed by atoms with Crippen molar-refractivity contribution in [2.45, 2.75) is 25.0 Å². The Labute approximate surface area is 178 Å². The summed E-state index contributed by atoms with van der Waals surface area (Å²) >= 11 is 3.65. The van der Waals surface area contributed by atoms with Crippen molar-refractivity contribution in [2.75, 3.05) is 11.5 Å². The van der Waals surface area contributed by atoms with Crippen LogP contribution in [-0.2, 0) is 10.3 Å². The van der Waals surface area contributed by atoms with Crippen molar-refractivity contribution in [1.29, 1.82) is 0 Å². The number of carbonyl (C=O) groups is 1. The van der Waals surface area contributed by atoms with E-state index >= 15 is 0 Å². The number of amides is 1. The molecular formula is C25H20BrNO2. The van der Waals surface area contributed by atoms with E-state index in [1.54, 1.807) is 0 Å². The van der Waals surface area contributed by atoms with Crippen LogP contribution in [0.3, 0.4) is 0 Å². The van der Waals surface area contributed by atoms with Crippen molar-refractivity contribution in [3.8, 4) is 0 Å². The van der Waals surface area contributed by atoms with Gasteiger partial charge in [-0.2, -0.15) is 0 Å². The van der Waals surface area contributed by atoms with Gasteiger partial charge in [-0.05, 0) is 48.7 Å². The van der Waals surface area contributed by atoms with Gasteiger partial charge in [0.1, 0.15) is 5.60 Å². The molecule has 0 bridgehead atoms. The van der Waals surface area contributed by atoms with Gasteiger partial charge in [0.15, 0.2) is 0 Å². The fourth-order valence-corrected chi connectivity index (χ4v) is 5.95. The van der Waals surface area contributed by atoms with E-state index < -0.39 is 5.60 Å². The van der Waals surface area contributed by atoms with E-state index in [-0.39, 0.29) is 17.9 Å². The lowest BCUT2D eigenvalue weighted by molar-refractivity contribution is -0.000828. The average Bonchev–Trinajstić information content (AvgIpc) is 3.30. The van der Waals surface area contributed by atoms with Gasteiger partial charge < -0.3 is 9.64 Å². The van der Waals surface area contributed by atoms with Crippen LogP contribution in [0.15, 0.2) is 71.2 Å². The lowest BCUT2D eigenvalue weighted by Gasteiger charge is -2.47. The number of carbonyl (C=O) groups excluding carboxylic acids is 1. The zero-order chi connectivity index (χ0) is 19.8. The molecule has 0 aromatic heterocycles. The fourth-order valence-electron chi connectivity index (χ4n) is 5.59. The molecule has 1 saturated heterocycles. The molecule has 0 radical (unpaired) electrons. The highest BCUT2D eigenvalue weighted by atomic mass is 79.9. The zero-order valence-electron chi connectivity index (χ0n) is 16.1. The van der Waals surface area contributed by atoms with Gasteiger partial charge in [0.05, 0.1) is 11.7 Å². The summed E-state index contributed by atoms with van der Waals surface area (Å²) in [4.78, 5) is 15.4. The van der Waals surface area contributed by atoms with Crippen LogP contribution < -0.4 is 4.90 Å². The second-order valence-electron chi connectivity index (χ2n) is 8.21. The van der Waals surface area contributed by atoms with Crippen molar-refractivity contribution in [3.05, 3.63) is 99.0 Å². The van der Waals surface area contributed by atoms with Gasteiger partial charge in [-0.3, -0.25) is 4.79 Å². The monoisotopic (exact) mass is 445 g/mol. The van der Waals surface area contributed by atoms with E-state index in [0.29, 0.717) is 6.61 Å². The highest BCUT2D eigenvalue weighted by molar-refractivity contribution is 9.10. The number of halogens is 1. The molecule has 144 valence electrons. The summed E-state index contributed by atoms with van der Waals surface area (Å²) in [5, 5.41) is 0. The van der Waals surface area contributed by atoms with Gasteiger partial charge in [0.2, 0.25) is 0 Å². The van der Waals surface area contributed by atoms with Crippen molar-refractivity contribution < 1.29 is 9.53 Å². The Balaban J connectivity index is 1.68. The summed E-state index contributed by atoms with van der Waals surface area (Å²) in [6.45, 7) is 2.79. The minimum absolute atomic E-state index is 0.00354. The van der Waals surface area contributed by atoms with Gasteiger partial charge in [-0.1, -0.05) is 64.0 Å². The highest BCUT2D eigenvalue weighted by Gasteiger charge is 2.60. The van der Waals surface area contributed by atoms with Crippen LogP contribution in [-0.4, -0.2) is 12.5 Å². The van der Waals surface area contributed by atoms with Crippen molar-refractivity contribution >= 4 is 27.5 Å². The van der Waals surface area contributed by atoms with E-state index in [1.807, 2.05) is 29.2 Å². The van der Waals surface area contributed by atoms with Gasteiger partial charge in [-0.15, -0.1) is 0 Å². The third-order valence-corrected chi connectivity index (χ3v) is 7.26. The minimum Gasteiger partial charge on any atom is -0.365 e. The standard InChI is InChI=1S/C25H20BrNO2/c1-15-6-8-16(9-7-15)25-20(12-13-29-25)23-18-4-2-3-5-19(18)24(28)27(23)22-11-10-17(26)14-21(22)25/h2-11,14,20,23H,12-13H2,1H3/t20-,23-,25-/m0/s1. The largest absolute Gasteiger partial charge is 0.365 e. The number of fused-ring (bicyclic) bond motifs is 8. The molecule has 3 aromatic carbocycles. The van der Waals surface area contributed by atoms with Crippen molar-refractivity contribution in [1.82, 2.24) is 0 Å². The Hall–Kier alpha value is -2.43. The SMILES string of the molecule is Cc1ccc([C@]23OCC[C@H]2[C@@H]2c4ccccc4C(=O)N2c2ccc(Br)cc23)cc1. The minimum atomic E-state index is -0.550. The molecule has 0 saturated carbocycles. The number of hydrogen-bond acceptors (Lipinski definition) is 2. The second kappa shape index (κ2) is 6.04. The van der Waals surface area contributed by atoms with Gasteiger partial charge >= 0.3 is 0 Å². The predicted octanol–water partition coefficient (Wildman–Crippen LogP) is 5.75. The summed E-state index contributed by atoms with van der Waals surface area (Å²) in [7, 11) is 0. The topological polar surface area (TPSA) is 29.5 Å². The maximum atomic E-state index is 13.4. The first kappa shape index (κ1) is 17.4. The Bertz CT molecular complexity index is 1160. The third kappa shape index (κ3) is 2.19. The molecule has 0 unspecified atom stereocenters. The molecule has 3 aliphatic rings. The molecule has 0 N–H and O–H groups in total.